The summed E-state index contributed by atoms with van der Waals surface area (Å²) in [6.07, 6.45) is -4.22. The fourth-order valence-corrected chi connectivity index (χ4v) is 3.83. The van der Waals surface area contributed by atoms with E-state index < -0.39 is 28.3 Å². The third kappa shape index (κ3) is 3.96. The Morgan fingerprint density at radius 2 is 1.81 bits per heavy atom. The number of nitrogens with zero attached hydrogens (tertiary/aromatic N) is 1. The zero-order chi connectivity index (χ0) is 15.7. The summed E-state index contributed by atoms with van der Waals surface area (Å²) in [4.78, 5) is 1.27. The van der Waals surface area contributed by atoms with E-state index in [-0.39, 0.29) is 24.3 Å². The number of benzene rings is 1. The molecule has 1 aliphatic heterocycles. The molecular formula is C13H17F3N2O2S. The van der Waals surface area contributed by atoms with Gasteiger partial charge in [0, 0.05) is 12.6 Å². The molecule has 0 aliphatic carbocycles. The molecule has 0 unspecified atom stereocenters. The largest absolute Gasteiger partial charge is 0.404 e. The Labute approximate surface area is 122 Å². The lowest BCUT2D eigenvalue weighted by molar-refractivity contribution is -0.188. The molecule has 2 rings (SSSR count). The molecule has 1 saturated heterocycles. The van der Waals surface area contributed by atoms with Crippen LogP contribution in [-0.4, -0.2) is 45.2 Å². The Hall–Kier alpha value is -1.12. The van der Waals surface area contributed by atoms with Gasteiger partial charge in [-0.25, -0.2) is 13.1 Å². The van der Waals surface area contributed by atoms with Crippen LogP contribution < -0.4 is 4.72 Å². The first-order valence-corrected chi connectivity index (χ1v) is 8.03. The highest BCUT2D eigenvalue weighted by molar-refractivity contribution is 7.89. The molecule has 1 aromatic rings. The van der Waals surface area contributed by atoms with Crippen molar-refractivity contribution < 1.29 is 21.6 Å². The van der Waals surface area contributed by atoms with Crippen LogP contribution in [0.5, 0.6) is 0 Å². The van der Waals surface area contributed by atoms with Crippen molar-refractivity contribution >= 4 is 10.0 Å². The first kappa shape index (κ1) is 16.3. The first-order chi connectivity index (χ1) is 9.70. The summed E-state index contributed by atoms with van der Waals surface area (Å²) in [5, 5.41) is 0. The Morgan fingerprint density at radius 1 is 1.19 bits per heavy atom. The van der Waals surface area contributed by atoms with Crippen molar-refractivity contribution in [3.8, 4) is 0 Å². The van der Waals surface area contributed by atoms with Gasteiger partial charge >= 0.3 is 6.18 Å². The molecule has 21 heavy (non-hydrogen) atoms. The summed E-state index contributed by atoms with van der Waals surface area (Å²) in [5.41, 5.74) is 0. The molecule has 0 saturated carbocycles. The van der Waals surface area contributed by atoms with Crippen LogP contribution in [0.4, 0.5) is 13.2 Å². The monoisotopic (exact) mass is 322 g/mol. The van der Waals surface area contributed by atoms with Crippen LogP contribution in [0.2, 0.25) is 0 Å². The maximum atomic E-state index is 12.7. The second kappa shape index (κ2) is 5.94. The van der Waals surface area contributed by atoms with E-state index in [0.717, 1.165) is 4.90 Å². The van der Waals surface area contributed by atoms with E-state index in [2.05, 4.69) is 4.72 Å². The van der Waals surface area contributed by atoms with Gasteiger partial charge < -0.3 is 0 Å². The van der Waals surface area contributed by atoms with Crippen LogP contribution in [0.25, 0.3) is 0 Å². The van der Waals surface area contributed by atoms with Crippen LogP contribution in [0.1, 0.15) is 12.8 Å². The van der Waals surface area contributed by atoms with Crippen molar-refractivity contribution in [2.24, 2.45) is 0 Å². The minimum atomic E-state index is -4.28. The van der Waals surface area contributed by atoms with Gasteiger partial charge in [0.05, 0.1) is 4.90 Å². The number of alkyl halides is 3. The number of hydrogen-bond donors (Lipinski definition) is 1. The highest BCUT2D eigenvalue weighted by atomic mass is 32.2. The quantitative estimate of drug-likeness (QED) is 0.926. The van der Waals surface area contributed by atoms with Crippen molar-refractivity contribution in [1.82, 2.24) is 9.62 Å². The van der Waals surface area contributed by atoms with Gasteiger partial charge in [0.25, 0.3) is 0 Å². The van der Waals surface area contributed by atoms with Crippen LogP contribution in [0.15, 0.2) is 35.2 Å². The zero-order valence-electron chi connectivity index (χ0n) is 11.5. The second-order valence-electron chi connectivity index (χ2n) is 5.21. The summed E-state index contributed by atoms with van der Waals surface area (Å²) in [5.74, 6) is 0. The Morgan fingerprint density at radius 3 is 2.33 bits per heavy atom. The third-order valence-corrected chi connectivity index (χ3v) is 5.12. The summed E-state index contributed by atoms with van der Waals surface area (Å²) < 4.78 is 65.0. The number of nitrogens with one attached hydrogen (secondary N) is 1. The number of halogens is 3. The molecule has 1 heterocycles. The highest BCUT2D eigenvalue weighted by Crippen LogP contribution is 2.31. The molecule has 1 N–H and O–H groups in total. The van der Waals surface area contributed by atoms with Crippen LogP contribution in [-0.2, 0) is 10.0 Å². The lowest BCUT2D eigenvalue weighted by Crippen LogP contribution is -2.54. The summed E-state index contributed by atoms with van der Waals surface area (Å²) in [6, 6.07) is 5.78. The number of likely N-dealkylation sites (tertiary alicyclic amines) is 1. The van der Waals surface area contributed by atoms with Crippen molar-refractivity contribution in [3.63, 3.8) is 0 Å². The predicted molar refractivity (Wildman–Crippen MR) is 72.3 cm³/mol. The fourth-order valence-electron chi connectivity index (χ4n) is 2.54. The number of sulfonamides is 1. The molecule has 0 bridgehead atoms. The normalized spacial score (nSPS) is 25.0. The van der Waals surface area contributed by atoms with Gasteiger partial charge in [0.2, 0.25) is 10.0 Å². The van der Waals surface area contributed by atoms with E-state index >= 15 is 0 Å². The van der Waals surface area contributed by atoms with Gasteiger partial charge in [-0.2, -0.15) is 13.2 Å². The number of rotatable bonds is 3. The number of likely N-dealkylation sites (N-methyl/N-ethyl adjacent to an activating group) is 1. The van der Waals surface area contributed by atoms with Crippen LogP contribution in [0, 0.1) is 0 Å². The van der Waals surface area contributed by atoms with Crippen molar-refractivity contribution in [3.05, 3.63) is 30.3 Å². The van der Waals surface area contributed by atoms with E-state index in [1.165, 1.54) is 19.2 Å². The lowest BCUT2D eigenvalue weighted by atomic mass is 9.99. The van der Waals surface area contributed by atoms with Gasteiger partial charge in [0.1, 0.15) is 6.04 Å². The van der Waals surface area contributed by atoms with Gasteiger partial charge in [0.15, 0.2) is 0 Å². The molecule has 118 valence electrons. The molecule has 1 aliphatic rings. The van der Waals surface area contributed by atoms with Gasteiger partial charge in [-0.3, -0.25) is 4.90 Å². The van der Waals surface area contributed by atoms with E-state index in [9.17, 15) is 21.6 Å². The van der Waals surface area contributed by atoms with Gasteiger partial charge in [-0.1, -0.05) is 18.2 Å². The summed E-state index contributed by atoms with van der Waals surface area (Å²) >= 11 is 0. The van der Waals surface area contributed by atoms with E-state index in [1.807, 2.05) is 0 Å². The molecule has 0 aromatic heterocycles. The second-order valence-corrected chi connectivity index (χ2v) is 6.92. The summed E-state index contributed by atoms with van der Waals surface area (Å²) in [6.45, 7) is 0.0379. The first-order valence-electron chi connectivity index (χ1n) is 6.54. The summed E-state index contributed by atoms with van der Waals surface area (Å²) in [7, 11) is -2.33. The van der Waals surface area contributed by atoms with E-state index in [1.54, 1.807) is 18.2 Å². The minimum absolute atomic E-state index is 0.0379. The number of hydrogen-bond acceptors (Lipinski definition) is 3. The predicted octanol–water partition coefficient (Wildman–Crippen LogP) is 1.99. The average Bonchev–Trinajstić information content (AvgIpc) is 2.37. The molecule has 0 radical (unpaired) electrons. The van der Waals surface area contributed by atoms with Gasteiger partial charge in [-0.05, 0) is 32.0 Å². The molecule has 4 nitrogen and oxygen atoms in total. The molecular weight excluding hydrogens is 305 g/mol. The van der Waals surface area contributed by atoms with E-state index in [0.29, 0.717) is 0 Å². The van der Waals surface area contributed by atoms with Gasteiger partial charge in [-0.15, -0.1) is 0 Å². The smallest absolute Gasteiger partial charge is 0.294 e. The maximum absolute atomic E-state index is 12.7. The van der Waals surface area contributed by atoms with Crippen molar-refractivity contribution in [1.29, 1.82) is 0 Å². The lowest BCUT2D eigenvalue weighted by Gasteiger charge is -2.38. The molecule has 0 spiro atoms. The molecule has 0 amide bonds. The molecule has 1 fully saturated rings. The SMILES string of the molecule is CN1C[C@H](NS(=O)(=O)c2ccccc2)CC[C@@H]1C(F)(F)F. The zero-order valence-corrected chi connectivity index (χ0v) is 12.3. The molecule has 2 atom stereocenters. The highest BCUT2D eigenvalue weighted by Gasteiger charge is 2.45. The maximum Gasteiger partial charge on any atom is 0.404 e. The number of piperidine rings is 1. The average molecular weight is 322 g/mol. The topological polar surface area (TPSA) is 49.4 Å². The third-order valence-electron chi connectivity index (χ3n) is 3.58. The van der Waals surface area contributed by atoms with Crippen LogP contribution >= 0.6 is 0 Å². The standard InChI is InChI=1S/C13H17F3N2O2S/c1-18-9-10(7-8-12(18)13(14,15)16)17-21(19,20)11-5-3-2-4-6-11/h2-6,10,12,17H,7-9H2,1H3/t10-,12-/m1/s1. The Bertz CT molecular complexity index is 575. The van der Waals surface area contributed by atoms with Crippen LogP contribution in [0.3, 0.4) is 0 Å². The molecule has 8 heteroatoms. The minimum Gasteiger partial charge on any atom is -0.294 e. The fraction of sp³-hybridized carbons (Fsp3) is 0.538. The Kier molecular flexibility index (Phi) is 4.60. The van der Waals surface area contributed by atoms with Crippen molar-refractivity contribution in [2.75, 3.05) is 13.6 Å². The molecule has 1 aromatic carbocycles. The van der Waals surface area contributed by atoms with E-state index in [4.69, 9.17) is 0 Å². The van der Waals surface area contributed by atoms with Crippen molar-refractivity contribution in [2.45, 2.75) is 36.0 Å². The Balaban J connectivity index is 2.03.